The van der Waals surface area contributed by atoms with Crippen molar-refractivity contribution >= 4 is 26.8 Å². The highest BCUT2D eigenvalue weighted by Crippen LogP contribution is 2.27. The summed E-state index contributed by atoms with van der Waals surface area (Å²) in [5.74, 6) is 0.323. The molecule has 0 fully saturated rings. The maximum Gasteiger partial charge on any atom is 0.0999 e. The van der Waals surface area contributed by atoms with Gasteiger partial charge in [-0.3, -0.25) is 4.98 Å². The third-order valence-corrected chi connectivity index (χ3v) is 3.16. The summed E-state index contributed by atoms with van der Waals surface area (Å²) in [7, 11) is 0. The van der Waals surface area contributed by atoms with E-state index in [0.29, 0.717) is 11.5 Å². The van der Waals surface area contributed by atoms with Gasteiger partial charge in [-0.1, -0.05) is 26.0 Å². The molecule has 0 aliphatic carbocycles. The van der Waals surface area contributed by atoms with Gasteiger partial charge in [-0.05, 0) is 34.0 Å². The molecule has 1 heterocycles. The van der Waals surface area contributed by atoms with E-state index in [4.69, 9.17) is 5.26 Å². The van der Waals surface area contributed by atoms with Crippen molar-refractivity contribution in [2.75, 3.05) is 0 Å². The van der Waals surface area contributed by atoms with Gasteiger partial charge >= 0.3 is 0 Å². The fourth-order valence-electron chi connectivity index (χ4n) is 1.62. The minimum Gasteiger partial charge on any atom is -0.251 e. The molecule has 2 aromatic rings. The lowest BCUT2D eigenvalue weighted by Gasteiger charge is -2.08. The van der Waals surface area contributed by atoms with Crippen molar-refractivity contribution < 1.29 is 0 Å². The average molecular weight is 275 g/mol. The topological polar surface area (TPSA) is 36.7 Å². The summed E-state index contributed by atoms with van der Waals surface area (Å²) in [6.45, 7) is 4.15. The van der Waals surface area contributed by atoms with Crippen molar-refractivity contribution in [3.63, 3.8) is 0 Å². The van der Waals surface area contributed by atoms with Crippen LogP contribution in [-0.4, -0.2) is 4.98 Å². The first kappa shape index (κ1) is 11.1. The summed E-state index contributed by atoms with van der Waals surface area (Å²) in [5, 5.41) is 10.0. The highest BCUT2D eigenvalue weighted by atomic mass is 79.9. The molecule has 0 aliphatic rings. The van der Waals surface area contributed by atoms with Gasteiger partial charge in [0, 0.05) is 15.6 Å². The van der Waals surface area contributed by atoms with Gasteiger partial charge in [-0.25, -0.2) is 0 Å². The SMILES string of the molecule is CC(C)c1cc(C#N)c2cccc(Br)c2n1. The molecule has 2 nitrogen and oxygen atoms in total. The Kier molecular flexibility index (Phi) is 2.93. The molecule has 0 radical (unpaired) electrons. The predicted molar refractivity (Wildman–Crippen MR) is 68.2 cm³/mol. The molecule has 3 heteroatoms. The Morgan fingerprint density at radius 2 is 2.12 bits per heavy atom. The van der Waals surface area contributed by atoms with Crippen LogP contribution in [0.15, 0.2) is 28.7 Å². The molecule has 0 saturated carbocycles. The van der Waals surface area contributed by atoms with Crippen molar-refractivity contribution in [3.05, 3.63) is 40.0 Å². The normalized spacial score (nSPS) is 10.7. The number of rotatable bonds is 1. The molecule has 0 N–H and O–H groups in total. The maximum absolute atomic E-state index is 9.14. The molecule has 1 aromatic carbocycles. The second-order valence-corrected chi connectivity index (χ2v) is 4.85. The van der Waals surface area contributed by atoms with Crippen LogP contribution in [0, 0.1) is 11.3 Å². The Morgan fingerprint density at radius 3 is 2.75 bits per heavy atom. The van der Waals surface area contributed by atoms with Crippen LogP contribution in [0.5, 0.6) is 0 Å². The lowest BCUT2D eigenvalue weighted by Crippen LogP contribution is -1.96. The molecule has 0 atom stereocenters. The van der Waals surface area contributed by atoms with Crippen LogP contribution in [0.4, 0.5) is 0 Å². The van der Waals surface area contributed by atoms with Crippen molar-refractivity contribution in [2.24, 2.45) is 0 Å². The monoisotopic (exact) mass is 274 g/mol. The van der Waals surface area contributed by atoms with E-state index in [2.05, 4.69) is 40.8 Å². The summed E-state index contributed by atoms with van der Waals surface area (Å²) < 4.78 is 0.934. The number of nitriles is 1. The van der Waals surface area contributed by atoms with Crippen LogP contribution in [0.1, 0.15) is 31.0 Å². The van der Waals surface area contributed by atoms with Crippen molar-refractivity contribution in [3.8, 4) is 6.07 Å². The van der Waals surface area contributed by atoms with E-state index in [1.54, 1.807) is 0 Å². The van der Waals surface area contributed by atoms with Crippen molar-refractivity contribution in [1.82, 2.24) is 4.98 Å². The molecule has 0 spiro atoms. The maximum atomic E-state index is 9.14. The Labute approximate surface area is 103 Å². The van der Waals surface area contributed by atoms with Crippen LogP contribution in [0.3, 0.4) is 0 Å². The van der Waals surface area contributed by atoms with Crippen molar-refractivity contribution in [2.45, 2.75) is 19.8 Å². The Hall–Kier alpha value is -1.40. The Morgan fingerprint density at radius 1 is 1.38 bits per heavy atom. The number of fused-ring (bicyclic) bond motifs is 1. The largest absolute Gasteiger partial charge is 0.251 e. The highest BCUT2D eigenvalue weighted by Gasteiger charge is 2.09. The van der Waals surface area contributed by atoms with Gasteiger partial charge in [0.05, 0.1) is 17.1 Å². The average Bonchev–Trinajstić information content (AvgIpc) is 2.28. The van der Waals surface area contributed by atoms with E-state index >= 15 is 0 Å². The van der Waals surface area contributed by atoms with Gasteiger partial charge in [0.1, 0.15) is 0 Å². The zero-order valence-electron chi connectivity index (χ0n) is 9.16. The molecule has 0 saturated heterocycles. The number of hydrogen-bond donors (Lipinski definition) is 0. The second kappa shape index (κ2) is 4.23. The quantitative estimate of drug-likeness (QED) is 0.788. The number of nitrogens with zero attached hydrogens (tertiary/aromatic N) is 2. The van der Waals surface area contributed by atoms with E-state index in [1.807, 2.05) is 24.3 Å². The van der Waals surface area contributed by atoms with Crippen LogP contribution >= 0.6 is 15.9 Å². The lowest BCUT2D eigenvalue weighted by atomic mass is 10.0. The number of benzene rings is 1. The van der Waals surface area contributed by atoms with Crippen molar-refractivity contribution in [1.29, 1.82) is 5.26 Å². The second-order valence-electron chi connectivity index (χ2n) is 4.00. The van der Waals surface area contributed by atoms with E-state index in [9.17, 15) is 0 Å². The first-order chi connectivity index (χ1) is 7.63. The number of pyridine rings is 1. The molecule has 2 rings (SSSR count). The molecule has 16 heavy (non-hydrogen) atoms. The van der Waals surface area contributed by atoms with E-state index in [0.717, 1.165) is 21.1 Å². The smallest absolute Gasteiger partial charge is 0.0999 e. The molecular formula is C13H11BrN2. The Bertz CT molecular complexity index is 582. The van der Waals surface area contributed by atoms with Crippen LogP contribution in [-0.2, 0) is 0 Å². The molecule has 0 bridgehead atoms. The number of para-hydroxylation sites is 1. The van der Waals surface area contributed by atoms with Gasteiger partial charge in [-0.2, -0.15) is 5.26 Å². The standard InChI is InChI=1S/C13H11BrN2/c1-8(2)12-6-9(7-15)10-4-3-5-11(14)13(10)16-12/h3-6,8H,1-2H3. The lowest BCUT2D eigenvalue weighted by molar-refractivity contribution is 0.829. The van der Waals surface area contributed by atoms with E-state index < -0.39 is 0 Å². The molecule has 0 amide bonds. The summed E-state index contributed by atoms with van der Waals surface area (Å²) in [4.78, 5) is 4.58. The highest BCUT2D eigenvalue weighted by molar-refractivity contribution is 9.10. The third kappa shape index (κ3) is 1.81. The van der Waals surface area contributed by atoms with Gasteiger partial charge in [0.2, 0.25) is 0 Å². The van der Waals surface area contributed by atoms with Crippen LogP contribution in [0.25, 0.3) is 10.9 Å². The molecular weight excluding hydrogens is 264 g/mol. The first-order valence-corrected chi connectivity index (χ1v) is 5.92. The first-order valence-electron chi connectivity index (χ1n) is 5.12. The predicted octanol–water partition coefficient (Wildman–Crippen LogP) is 3.99. The van der Waals surface area contributed by atoms with E-state index in [1.165, 1.54) is 0 Å². The van der Waals surface area contributed by atoms with Gasteiger partial charge in [-0.15, -0.1) is 0 Å². The fourth-order valence-corrected chi connectivity index (χ4v) is 2.08. The summed E-state index contributed by atoms with van der Waals surface area (Å²) in [5.41, 5.74) is 2.51. The summed E-state index contributed by atoms with van der Waals surface area (Å²) in [6.07, 6.45) is 0. The van der Waals surface area contributed by atoms with E-state index in [-0.39, 0.29) is 0 Å². The van der Waals surface area contributed by atoms with Gasteiger partial charge < -0.3 is 0 Å². The molecule has 1 aromatic heterocycles. The van der Waals surface area contributed by atoms with Gasteiger partial charge in [0.25, 0.3) is 0 Å². The van der Waals surface area contributed by atoms with Crippen LogP contribution < -0.4 is 0 Å². The fraction of sp³-hybridized carbons (Fsp3) is 0.231. The van der Waals surface area contributed by atoms with Gasteiger partial charge in [0.15, 0.2) is 0 Å². The zero-order chi connectivity index (χ0) is 11.7. The molecule has 0 unspecified atom stereocenters. The summed E-state index contributed by atoms with van der Waals surface area (Å²) in [6, 6.07) is 9.90. The zero-order valence-corrected chi connectivity index (χ0v) is 10.7. The third-order valence-electron chi connectivity index (χ3n) is 2.52. The Balaban J connectivity index is 2.86. The minimum absolute atomic E-state index is 0.323. The number of hydrogen-bond acceptors (Lipinski definition) is 2. The minimum atomic E-state index is 0.323. The molecule has 0 aliphatic heterocycles. The summed E-state index contributed by atoms with van der Waals surface area (Å²) >= 11 is 3.47. The number of aromatic nitrogens is 1. The van der Waals surface area contributed by atoms with Crippen LogP contribution in [0.2, 0.25) is 0 Å². The number of halogens is 1. The molecule has 80 valence electrons.